The monoisotopic (exact) mass is 284 g/mol. The van der Waals surface area contributed by atoms with Crippen LogP contribution in [0.2, 0.25) is 0 Å². The highest BCUT2D eigenvalue weighted by molar-refractivity contribution is 5.70. The molecule has 2 aromatic rings. The van der Waals surface area contributed by atoms with E-state index < -0.39 is 6.09 Å². The molecule has 0 bridgehead atoms. The van der Waals surface area contributed by atoms with Crippen molar-refractivity contribution in [3.63, 3.8) is 0 Å². The molecule has 1 aliphatic heterocycles. The summed E-state index contributed by atoms with van der Waals surface area (Å²) in [6.07, 6.45) is 1.19. The zero-order chi connectivity index (χ0) is 14.5. The van der Waals surface area contributed by atoms with E-state index in [0.717, 1.165) is 24.3 Å². The number of piperazine rings is 1. The molecule has 0 radical (unpaired) electrons. The van der Waals surface area contributed by atoms with Gasteiger partial charge in [-0.25, -0.2) is 9.78 Å². The first-order valence-electron chi connectivity index (χ1n) is 6.89. The summed E-state index contributed by atoms with van der Waals surface area (Å²) in [6.45, 7) is 2.83. The Hall–Kier alpha value is -2.47. The lowest BCUT2D eigenvalue weighted by molar-refractivity contribution is 0.142. The molecule has 6 heteroatoms. The first-order valence-corrected chi connectivity index (χ1v) is 6.89. The number of carbonyl (C=O) groups excluding carboxylic acids is 1. The fraction of sp³-hybridized carbons (Fsp3) is 0.267. The van der Waals surface area contributed by atoms with Crippen LogP contribution in [0.25, 0.3) is 11.3 Å². The van der Waals surface area contributed by atoms with Crippen molar-refractivity contribution in [3.05, 3.63) is 42.6 Å². The van der Waals surface area contributed by atoms with Crippen LogP contribution in [0.3, 0.4) is 0 Å². The minimum absolute atomic E-state index is 0.0832. The van der Waals surface area contributed by atoms with Gasteiger partial charge in [0.2, 0.25) is 0 Å². The number of nitrogens with zero attached hydrogens (tertiary/aromatic N) is 3. The predicted molar refractivity (Wildman–Crippen MR) is 77.9 cm³/mol. The van der Waals surface area contributed by atoms with E-state index in [-0.39, 0.29) is 6.01 Å². The molecule has 1 fully saturated rings. The molecule has 3 rings (SSSR count). The van der Waals surface area contributed by atoms with Gasteiger partial charge < -0.3 is 15.0 Å². The Labute approximate surface area is 122 Å². The predicted octanol–water partition coefficient (Wildman–Crippen LogP) is 1.55. The minimum atomic E-state index is -0.401. The maximum absolute atomic E-state index is 12.0. The van der Waals surface area contributed by atoms with Crippen LogP contribution >= 0.6 is 0 Å². The van der Waals surface area contributed by atoms with Gasteiger partial charge in [0.25, 0.3) is 0 Å². The minimum Gasteiger partial charge on any atom is -0.374 e. The number of amides is 1. The molecular formula is C15H16N4O2. The Bertz CT molecular complexity index is 612. The number of hydrogen-bond acceptors (Lipinski definition) is 5. The van der Waals surface area contributed by atoms with Crippen LogP contribution in [0.1, 0.15) is 0 Å². The molecule has 1 aliphatic rings. The van der Waals surface area contributed by atoms with Crippen molar-refractivity contribution in [2.45, 2.75) is 0 Å². The number of ether oxygens (including phenoxy) is 1. The number of nitrogens with one attached hydrogen (secondary N) is 1. The normalized spacial score (nSPS) is 14.8. The highest BCUT2D eigenvalue weighted by atomic mass is 16.6. The average molecular weight is 284 g/mol. The molecule has 0 saturated carbocycles. The summed E-state index contributed by atoms with van der Waals surface area (Å²) in [5.74, 6) is 0. The summed E-state index contributed by atoms with van der Waals surface area (Å²) in [5.41, 5.74) is 1.69. The van der Waals surface area contributed by atoms with Crippen molar-refractivity contribution in [2.75, 3.05) is 26.2 Å². The van der Waals surface area contributed by atoms with Crippen molar-refractivity contribution < 1.29 is 9.53 Å². The fourth-order valence-corrected chi connectivity index (χ4v) is 2.15. The van der Waals surface area contributed by atoms with Gasteiger partial charge >= 0.3 is 12.1 Å². The molecule has 6 nitrogen and oxygen atoms in total. The molecule has 0 atom stereocenters. The zero-order valence-electron chi connectivity index (χ0n) is 11.5. The first-order chi connectivity index (χ1) is 10.3. The largest absolute Gasteiger partial charge is 0.417 e. The van der Waals surface area contributed by atoms with Gasteiger partial charge in [0, 0.05) is 37.9 Å². The molecule has 0 unspecified atom stereocenters. The van der Waals surface area contributed by atoms with E-state index in [1.165, 1.54) is 0 Å². The standard InChI is InChI=1S/C15H16N4O2/c20-15(19-10-8-16-9-11-19)21-14-17-7-6-13(18-14)12-4-2-1-3-5-12/h1-7,16H,8-11H2. The third-order valence-corrected chi connectivity index (χ3v) is 3.26. The second kappa shape index (κ2) is 6.32. The van der Waals surface area contributed by atoms with Crippen LogP contribution in [0, 0.1) is 0 Å². The third-order valence-electron chi connectivity index (χ3n) is 3.26. The van der Waals surface area contributed by atoms with Crippen LogP contribution in [0.5, 0.6) is 6.01 Å². The Morgan fingerprint density at radius 1 is 1.14 bits per heavy atom. The summed E-state index contributed by atoms with van der Waals surface area (Å²) in [6, 6.07) is 11.6. The lowest BCUT2D eigenvalue weighted by Crippen LogP contribution is -2.47. The van der Waals surface area contributed by atoms with E-state index >= 15 is 0 Å². The highest BCUT2D eigenvalue weighted by Crippen LogP contribution is 2.17. The lowest BCUT2D eigenvalue weighted by atomic mass is 10.1. The second-order valence-corrected chi connectivity index (χ2v) is 4.70. The highest BCUT2D eigenvalue weighted by Gasteiger charge is 2.19. The van der Waals surface area contributed by atoms with Gasteiger partial charge in [-0.15, -0.1) is 0 Å². The molecule has 1 amide bonds. The van der Waals surface area contributed by atoms with Crippen molar-refractivity contribution in [1.82, 2.24) is 20.2 Å². The summed E-state index contributed by atoms with van der Waals surface area (Å²) in [4.78, 5) is 21.9. The molecule has 1 aromatic carbocycles. The zero-order valence-corrected chi connectivity index (χ0v) is 11.5. The molecular weight excluding hydrogens is 268 g/mol. The quantitative estimate of drug-likeness (QED) is 0.906. The Balaban J connectivity index is 1.73. The molecule has 108 valence electrons. The molecule has 1 saturated heterocycles. The van der Waals surface area contributed by atoms with Crippen LogP contribution in [-0.4, -0.2) is 47.1 Å². The number of hydrogen-bond donors (Lipinski definition) is 1. The van der Waals surface area contributed by atoms with Gasteiger partial charge in [-0.3, -0.25) is 0 Å². The van der Waals surface area contributed by atoms with Crippen LogP contribution in [0.15, 0.2) is 42.6 Å². The first kappa shape index (κ1) is 13.5. The van der Waals surface area contributed by atoms with Crippen molar-refractivity contribution in [2.24, 2.45) is 0 Å². The van der Waals surface area contributed by atoms with E-state index in [9.17, 15) is 4.79 Å². The third kappa shape index (κ3) is 3.35. The van der Waals surface area contributed by atoms with Gasteiger partial charge in [-0.05, 0) is 6.07 Å². The average Bonchev–Trinajstić information content (AvgIpc) is 2.57. The molecule has 0 spiro atoms. The lowest BCUT2D eigenvalue weighted by Gasteiger charge is -2.25. The number of rotatable bonds is 2. The summed E-state index contributed by atoms with van der Waals surface area (Å²) in [5, 5.41) is 3.18. The number of aromatic nitrogens is 2. The smallest absolute Gasteiger partial charge is 0.374 e. The SMILES string of the molecule is O=C(Oc1nccc(-c2ccccc2)n1)N1CCNCC1. The number of benzene rings is 1. The van der Waals surface area contributed by atoms with Crippen LogP contribution in [0.4, 0.5) is 4.79 Å². The Morgan fingerprint density at radius 3 is 2.67 bits per heavy atom. The number of carbonyl (C=O) groups is 1. The van der Waals surface area contributed by atoms with Gasteiger partial charge in [0.15, 0.2) is 0 Å². The van der Waals surface area contributed by atoms with Gasteiger partial charge in [0.1, 0.15) is 0 Å². The second-order valence-electron chi connectivity index (χ2n) is 4.70. The van der Waals surface area contributed by atoms with E-state index in [2.05, 4.69) is 15.3 Å². The van der Waals surface area contributed by atoms with E-state index in [4.69, 9.17) is 4.74 Å². The van der Waals surface area contributed by atoms with E-state index in [1.54, 1.807) is 17.2 Å². The fourth-order valence-electron chi connectivity index (χ4n) is 2.15. The topological polar surface area (TPSA) is 67.3 Å². The Kier molecular flexibility index (Phi) is 4.07. The molecule has 21 heavy (non-hydrogen) atoms. The van der Waals surface area contributed by atoms with Crippen LogP contribution in [-0.2, 0) is 0 Å². The maximum atomic E-state index is 12.0. The molecule has 1 aromatic heterocycles. The molecule has 2 heterocycles. The van der Waals surface area contributed by atoms with E-state index in [0.29, 0.717) is 13.1 Å². The Morgan fingerprint density at radius 2 is 1.90 bits per heavy atom. The van der Waals surface area contributed by atoms with Crippen molar-refractivity contribution in [1.29, 1.82) is 0 Å². The van der Waals surface area contributed by atoms with Gasteiger partial charge in [0.05, 0.1) is 5.69 Å². The van der Waals surface area contributed by atoms with Crippen molar-refractivity contribution >= 4 is 6.09 Å². The summed E-state index contributed by atoms with van der Waals surface area (Å²) in [7, 11) is 0. The molecule has 1 N–H and O–H groups in total. The van der Waals surface area contributed by atoms with Crippen molar-refractivity contribution in [3.8, 4) is 17.3 Å². The maximum Gasteiger partial charge on any atom is 0.417 e. The molecule has 0 aliphatic carbocycles. The summed E-state index contributed by atoms with van der Waals surface area (Å²) < 4.78 is 5.25. The van der Waals surface area contributed by atoms with E-state index in [1.807, 2.05) is 30.3 Å². The van der Waals surface area contributed by atoms with Gasteiger partial charge in [-0.1, -0.05) is 30.3 Å². The van der Waals surface area contributed by atoms with Gasteiger partial charge in [-0.2, -0.15) is 4.98 Å². The van der Waals surface area contributed by atoms with Crippen LogP contribution < -0.4 is 10.1 Å². The summed E-state index contributed by atoms with van der Waals surface area (Å²) >= 11 is 0.